The van der Waals surface area contributed by atoms with Crippen LogP contribution < -0.4 is 0 Å². The van der Waals surface area contributed by atoms with Crippen molar-refractivity contribution in [1.29, 1.82) is 0 Å². The van der Waals surface area contributed by atoms with Crippen LogP contribution >= 0.6 is 0 Å². The van der Waals surface area contributed by atoms with Crippen LogP contribution in [-0.4, -0.2) is 37.2 Å². The first kappa shape index (κ1) is 58.6. The Morgan fingerprint density at radius 3 is 1.16 bits per heavy atom. The van der Waals surface area contributed by atoms with Gasteiger partial charge in [0.15, 0.2) is 6.10 Å². The molecule has 0 radical (unpaired) electrons. The summed E-state index contributed by atoms with van der Waals surface area (Å²) in [4.78, 5) is 37.9. The van der Waals surface area contributed by atoms with Crippen LogP contribution in [0.25, 0.3) is 0 Å². The van der Waals surface area contributed by atoms with Gasteiger partial charge in [0.25, 0.3) is 0 Å². The summed E-state index contributed by atoms with van der Waals surface area (Å²) in [6.07, 6.45) is 70.0. The van der Waals surface area contributed by atoms with E-state index >= 15 is 0 Å². The zero-order valence-electron chi connectivity index (χ0n) is 40.0. The van der Waals surface area contributed by atoms with E-state index < -0.39 is 6.10 Å². The molecule has 0 aromatic heterocycles. The third kappa shape index (κ3) is 48.4. The van der Waals surface area contributed by atoms with Crippen LogP contribution in [0, 0.1) is 0 Å². The Bertz CT molecular complexity index is 1420. The summed E-state index contributed by atoms with van der Waals surface area (Å²) >= 11 is 0. The fourth-order valence-electron chi connectivity index (χ4n) is 6.16. The highest BCUT2D eigenvalue weighted by Gasteiger charge is 2.19. The van der Waals surface area contributed by atoms with Crippen molar-refractivity contribution in [2.24, 2.45) is 0 Å². The van der Waals surface area contributed by atoms with Crippen LogP contribution in [0.15, 0.2) is 134 Å². The smallest absolute Gasteiger partial charge is 0.306 e. The molecule has 1 unspecified atom stereocenters. The maximum Gasteiger partial charge on any atom is 0.306 e. The first-order valence-electron chi connectivity index (χ1n) is 24.8. The van der Waals surface area contributed by atoms with Gasteiger partial charge in [-0.25, -0.2) is 0 Å². The van der Waals surface area contributed by atoms with Gasteiger partial charge in [0.2, 0.25) is 0 Å². The Labute approximate surface area is 385 Å². The summed E-state index contributed by atoms with van der Waals surface area (Å²) in [5, 5.41) is 0. The number of allylic oxidation sites excluding steroid dienone is 22. The molecule has 0 aliphatic carbocycles. The van der Waals surface area contributed by atoms with Crippen molar-refractivity contribution in [1.82, 2.24) is 0 Å². The average Bonchev–Trinajstić information content (AvgIpc) is 3.28. The van der Waals surface area contributed by atoms with Gasteiger partial charge in [-0.2, -0.15) is 0 Å². The number of hydrogen-bond acceptors (Lipinski definition) is 6. The zero-order valence-corrected chi connectivity index (χ0v) is 40.0. The Morgan fingerprint density at radius 2 is 0.698 bits per heavy atom. The highest BCUT2D eigenvalue weighted by atomic mass is 16.6. The third-order valence-electron chi connectivity index (χ3n) is 9.84. The van der Waals surface area contributed by atoms with E-state index in [1.165, 1.54) is 19.3 Å². The summed E-state index contributed by atoms with van der Waals surface area (Å²) in [6, 6.07) is 0. The standard InChI is InChI=1S/C57H88O6/c1-4-7-10-13-16-19-22-25-27-28-29-31-32-35-38-41-44-47-50-56(59)62-53-54(52-61-55(58)49-46-43-40-37-34-24-21-18-15-12-9-6-3)63-57(60)51-48-45-42-39-36-33-30-26-23-20-17-14-11-8-5-2/h8-9,11-12,14,16-23,25-31,33,36,54H,4-7,10,13,15,24,32,34-35,37-53H2,1-3H3/b11-8-,12-9-,17-14-,19-16-,21-18-,23-20-,25-22-,28-27-,30-26-,31-29-,36-33-. The predicted molar refractivity (Wildman–Crippen MR) is 269 cm³/mol. The van der Waals surface area contributed by atoms with Gasteiger partial charge >= 0.3 is 17.9 Å². The number of rotatable bonds is 42. The van der Waals surface area contributed by atoms with E-state index in [-0.39, 0.29) is 37.5 Å². The lowest BCUT2D eigenvalue weighted by Gasteiger charge is -2.18. The van der Waals surface area contributed by atoms with E-state index in [0.717, 1.165) is 122 Å². The minimum Gasteiger partial charge on any atom is -0.462 e. The summed E-state index contributed by atoms with van der Waals surface area (Å²) in [5.41, 5.74) is 0. The third-order valence-corrected chi connectivity index (χ3v) is 9.84. The van der Waals surface area contributed by atoms with Crippen molar-refractivity contribution in [3.05, 3.63) is 134 Å². The maximum atomic E-state index is 12.8. The Morgan fingerprint density at radius 1 is 0.349 bits per heavy atom. The fraction of sp³-hybridized carbons (Fsp3) is 0.561. The molecule has 0 rings (SSSR count). The number of hydrogen-bond donors (Lipinski definition) is 0. The molecule has 0 aromatic carbocycles. The van der Waals surface area contributed by atoms with Crippen molar-refractivity contribution in [3.8, 4) is 0 Å². The number of esters is 3. The minimum atomic E-state index is -0.820. The molecule has 0 saturated carbocycles. The van der Waals surface area contributed by atoms with Crippen molar-refractivity contribution in [2.45, 2.75) is 194 Å². The molecule has 0 spiro atoms. The molecule has 352 valence electrons. The molecule has 6 heteroatoms. The second-order valence-electron chi connectivity index (χ2n) is 15.8. The van der Waals surface area contributed by atoms with E-state index in [4.69, 9.17) is 14.2 Å². The Hall–Kier alpha value is -4.45. The van der Waals surface area contributed by atoms with E-state index in [1.807, 2.05) is 48.6 Å². The molecule has 0 amide bonds. The molecule has 0 bridgehead atoms. The normalized spacial score (nSPS) is 13.3. The van der Waals surface area contributed by atoms with Crippen LogP contribution in [-0.2, 0) is 28.6 Å². The van der Waals surface area contributed by atoms with Gasteiger partial charge in [-0.05, 0) is 89.9 Å². The minimum absolute atomic E-state index is 0.116. The summed E-state index contributed by atoms with van der Waals surface area (Å²) in [6.45, 7) is 6.25. The van der Waals surface area contributed by atoms with Crippen molar-refractivity contribution in [3.63, 3.8) is 0 Å². The Kier molecular flexibility index (Phi) is 46.7. The van der Waals surface area contributed by atoms with Gasteiger partial charge in [0, 0.05) is 19.3 Å². The molecule has 6 nitrogen and oxygen atoms in total. The SMILES string of the molecule is CC\C=C/C=C\C=C/C=C\C=C/CCCCCC(=O)OC(COC(=O)CCCCCCC\C=C/C=C\C=C/C=C\CCCCC)COC(=O)CCCCCCC/C=C\C/C=C\CC. The molecule has 0 aromatic rings. The number of carbonyl (C=O) groups is 3. The molecule has 0 heterocycles. The summed E-state index contributed by atoms with van der Waals surface area (Å²) in [7, 11) is 0. The molecule has 63 heavy (non-hydrogen) atoms. The highest BCUT2D eigenvalue weighted by Crippen LogP contribution is 2.12. The molecule has 0 aliphatic rings. The van der Waals surface area contributed by atoms with E-state index in [2.05, 4.69) is 106 Å². The molecule has 1 atom stereocenters. The van der Waals surface area contributed by atoms with Gasteiger partial charge in [-0.15, -0.1) is 0 Å². The predicted octanol–water partition coefficient (Wildman–Crippen LogP) is 16.3. The van der Waals surface area contributed by atoms with Crippen LogP contribution in [0.3, 0.4) is 0 Å². The van der Waals surface area contributed by atoms with Crippen LogP contribution in [0.4, 0.5) is 0 Å². The maximum absolute atomic E-state index is 12.8. The van der Waals surface area contributed by atoms with Gasteiger partial charge in [-0.1, -0.05) is 212 Å². The van der Waals surface area contributed by atoms with Gasteiger partial charge in [0.05, 0.1) is 0 Å². The van der Waals surface area contributed by atoms with E-state index in [1.54, 1.807) is 0 Å². The molecule has 0 fully saturated rings. The molecule has 0 aliphatic heterocycles. The summed E-state index contributed by atoms with van der Waals surface area (Å²) < 4.78 is 16.7. The second-order valence-corrected chi connectivity index (χ2v) is 15.8. The zero-order chi connectivity index (χ0) is 45.8. The number of ether oxygens (including phenoxy) is 3. The largest absolute Gasteiger partial charge is 0.462 e. The van der Waals surface area contributed by atoms with E-state index in [9.17, 15) is 14.4 Å². The lowest BCUT2D eigenvalue weighted by Crippen LogP contribution is -2.30. The van der Waals surface area contributed by atoms with Gasteiger partial charge in [-0.3, -0.25) is 14.4 Å². The Balaban J connectivity index is 4.56. The van der Waals surface area contributed by atoms with E-state index in [0.29, 0.717) is 19.3 Å². The average molecular weight is 869 g/mol. The summed E-state index contributed by atoms with van der Waals surface area (Å²) in [5.74, 6) is -1.01. The number of carbonyl (C=O) groups excluding carboxylic acids is 3. The fourth-order valence-corrected chi connectivity index (χ4v) is 6.16. The van der Waals surface area contributed by atoms with Crippen molar-refractivity contribution < 1.29 is 28.6 Å². The quantitative estimate of drug-likeness (QED) is 0.0200. The molecular weight excluding hydrogens is 781 g/mol. The first-order chi connectivity index (χ1) is 31.0. The van der Waals surface area contributed by atoms with Gasteiger partial charge in [0.1, 0.15) is 13.2 Å². The van der Waals surface area contributed by atoms with Crippen LogP contribution in [0.1, 0.15) is 188 Å². The second kappa shape index (κ2) is 50.2. The van der Waals surface area contributed by atoms with Crippen LogP contribution in [0.5, 0.6) is 0 Å². The first-order valence-corrected chi connectivity index (χ1v) is 24.8. The number of unbranched alkanes of at least 4 members (excludes halogenated alkanes) is 16. The lowest BCUT2D eigenvalue weighted by molar-refractivity contribution is -0.167. The molecular formula is C57H88O6. The van der Waals surface area contributed by atoms with Crippen molar-refractivity contribution in [2.75, 3.05) is 13.2 Å². The monoisotopic (exact) mass is 869 g/mol. The lowest BCUT2D eigenvalue weighted by atomic mass is 10.1. The van der Waals surface area contributed by atoms with Crippen LogP contribution in [0.2, 0.25) is 0 Å². The topological polar surface area (TPSA) is 78.9 Å². The van der Waals surface area contributed by atoms with Crippen molar-refractivity contribution >= 4 is 17.9 Å². The molecule has 0 saturated heterocycles. The molecule has 0 N–H and O–H groups in total. The highest BCUT2D eigenvalue weighted by molar-refractivity contribution is 5.71. The van der Waals surface area contributed by atoms with Gasteiger partial charge < -0.3 is 14.2 Å².